The quantitative estimate of drug-likeness (QED) is 0.0177. The van der Waals surface area contributed by atoms with Crippen molar-refractivity contribution in [3.63, 3.8) is 0 Å². The van der Waals surface area contributed by atoms with Crippen LogP contribution in [0, 0.1) is 0 Å². The lowest BCUT2D eigenvalue weighted by atomic mass is 9.98. The minimum Gasteiger partial charge on any atom is -0.457 e. The summed E-state index contributed by atoms with van der Waals surface area (Å²) in [7, 11) is 0. The molecule has 0 spiro atoms. The number of hydrogen-bond acceptors (Lipinski definition) is 14. The molecule has 2 fully saturated rings. The van der Waals surface area contributed by atoms with Crippen LogP contribution in [-0.2, 0) is 33.2 Å². The smallest absolute Gasteiger partial charge is 0.306 e. The number of allylic oxidation sites excluding steroid dienone is 12. The largest absolute Gasteiger partial charge is 0.457 e. The lowest BCUT2D eigenvalue weighted by Gasteiger charge is -2.42. The Labute approximate surface area is 408 Å². The number of carbonyl (C=O) groups is 1. The Morgan fingerprint density at radius 2 is 0.956 bits per heavy atom. The van der Waals surface area contributed by atoms with E-state index in [1.165, 1.54) is 25.7 Å². The highest BCUT2D eigenvalue weighted by atomic mass is 16.7. The van der Waals surface area contributed by atoms with Crippen molar-refractivity contribution in [2.75, 3.05) is 33.0 Å². The van der Waals surface area contributed by atoms with Crippen LogP contribution in [0.2, 0.25) is 0 Å². The van der Waals surface area contributed by atoms with Crippen LogP contribution in [0.3, 0.4) is 0 Å². The molecule has 11 unspecified atom stereocenters. The maximum atomic E-state index is 13.0. The third-order valence-electron chi connectivity index (χ3n) is 11.9. The summed E-state index contributed by atoms with van der Waals surface area (Å²) in [6.45, 7) is 3.48. The molecule has 2 heterocycles. The fourth-order valence-corrected chi connectivity index (χ4v) is 7.72. The van der Waals surface area contributed by atoms with Crippen molar-refractivity contribution in [1.82, 2.24) is 0 Å². The Morgan fingerprint density at radius 3 is 1.51 bits per heavy atom. The molecule has 0 aromatic heterocycles. The number of aliphatic hydroxyl groups is 7. The number of unbranched alkanes of at least 4 members (excludes halogenated alkanes) is 14. The van der Waals surface area contributed by atoms with E-state index in [0.717, 1.165) is 109 Å². The lowest BCUT2D eigenvalue weighted by molar-refractivity contribution is -0.332. The van der Waals surface area contributed by atoms with Crippen molar-refractivity contribution in [3.05, 3.63) is 72.9 Å². The van der Waals surface area contributed by atoms with E-state index in [1.807, 2.05) is 0 Å². The highest BCUT2D eigenvalue weighted by Crippen LogP contribution is 2.26. The van der Waals surface area contributed by atoms with Gasteiger partial charge in [0.15, 0.2) is 12.6 Å². The number of ether oxygens (including phenoxy) is 6. The fraction of sp³-hybridized carbons (Fsp3) is 0.759. The van der Waals surface area contributed by atoms with E-state index in [1.54, 1.807) is 0 Å². The first-order chi connectivity index (χ1) is 33.1. The number of esters is 1. The zero-order valence-electron chi connectivity index (χ0n) is 41.6. The third-order valence-corrected chi connectivity index (χ3v) is 11.9. The van der Waals surface area contributed by atoms with Crippen LogP contribution in [0.5, 0.6) is 0 Å². The molecule has 2 aliphatic heterocycles. The van der Waals surface area contributed by atoms with Gasteiger partial charge in [-0.25, -0.2) is 0 Å². The standard InChI is InChI=1S/C54H92O14/c1-3-5-7-9-11-13-15-17-18-19-20-21-22-23-24-25-26-28-30-32-34-36-38-63-40-43(66-46(56)37-35-33-31-29-27-16-14-12-10-8-6-4-2)41-64-53-52(62)50(60)48(58)45(68-53)42-65-54-51(61)49(59)47(57)44(39-55)67-54/h5,7,11-14,17-18,20-21,23-24,43-45,47-55,57-62H,3-4,6,8-10,15-16,19,22,25-42H2,1-2H3/b7-5-,13-11-,14-12-,18-17-,21-20-,24-23-. The van der Waals surface area contributed by atoms with E-state index in [9.17, 15) is 40.5 Å². The van der Waals surface area contributed by atoms with Crippen molar-refractivity contribution < 1.29 is 69.0 Å². The Kier molecular flexibility index (Phi) is 37.2. The number of carbonyl (C=O) groups excluding carboxylic acids is 1. The highest BCUT2D eigenvalue weighted by molar-refractivity contribution is 5.69. The van der Waals surface area contributed by atoms with Gasteiger partial charge in [-0.2, -0.15) is 0 Å². The zero-order chi connectivity index (χ0) is 49.5. The first-order valence-corrected chi connectivity index (χ1v) is 26.0. The SMILES string of the molecule is CC/C=C\C/C=C\C/C=C\C/C=C\C/C=C\CCCCCCCCOCC(COC1OC(COC2OC(CO)C(O)C(O)C2O)C(O)C(O)C1O)OC(=O)CCCCCCC/C=C\CCCCC. The molecule has 0 saturated carbocycles. The normalized spacial score (nSPS) is 26.5. The first-order valence-electron chi connectivity index (χ1n) is 26.0. The molecule has 68 heavy (non-hydrogen) atoms. The summed E-state index contributed by atoms with van der Waals surface area (Å²) in [5, 5.41) is 72.1. The molecule has 2 saturated heterocycles. The van der Waals surface area contributed by atoms with Crippen molar-refractivity contribution in [2.45, 2.75) is 229 Å². The lowest BCUT2D eigenvalue weighted by Crippen LogP contribution is -2.61. The third kappa shape index (κ3) is 28.3. The van der Waals surface area contributed by atoms with Gasteiger partial charge in [0.25, 0.3) is 0 Å². The molecule has 0 aromatic carbocycles. The van der Waals surface area contributed by atoms with Gasteiger partial charge >= 0.3 is 5.97 Å². The molecule has 14 heteroatoms. The van der Waals surface area contributed by atoms with E-state index in [0.29, 0.717) is 13.0 Å². The van der Waals surface area contributed by atoms with Gasteiger partial charge in [-0.05, 0) is 83.5 Å². The van der Waals surface area contributed by atoms with Gasteiger partial charge in [-0.15, -0.1) is 0 Å². The van der Waals surface area contributed by atoms with E-state index in [2.05, 4.69) is 86.8 Å². The van der Waals surface area contributed by atoms with Crippen molar-refractivity contribution >= 4 is 5.97 Å². The van der Waals surface area contributed by atoms with Gasteiger partial charge in [0.2, 0.25) is 0 Å². The van der Waals surface area contributed by atoms with Crippen LogP contribution in [0.4, 0.5) is 0 Å². The molecule has 14 nitrogen and oxygen atoms in total. The fourth-order valence-electron chi connectivity index (χ4n) is 7.72. The molecular weight excluding hydrogens is 873 g/mol. The topological polar surface area (TPSA) is 214 Å². The molecule has 0 amide bonds. The van der Waals surface area contributed by atoms with Crippen LogP contribution >= 0.6 is 0 Å². The molecule has 0 aliphatic carbocycles. The molecule has 392 valence electrons. The second-order valence-electron chi connectivity index (χ2n) is 18.0. The molecular formula is C54H92O14. The summed E-state index contributed by atoms with van der Waals surface area (Å²) in [6.07, 6.45) is 33.9. The molecule has 0 bridgehead atoms. The van der Waals surface area contributed by atoms with Gasteiger partial charge in [-0.1, -0.05) is 145 Å². The predicted molar refractivity (Wildman–Crippen MR) is 265 cm³/mol. The van der Waals surface area contributed by atoms with Gasteiger partial charge in [0.1, 0.15) is 54.9 Å². The first kappa shape index (κ1) is 61.5. The summed E-state index contributed by atoms with van der Waals surface area (Å²) < 4.78 is 34.2. The average Bonchev–Trinajstić information content (AvgIpc) is 3.33. The second kappa shape index (κ2) is 41.1. The van der Waals surface area contributed by atoms with Gasteiger partial charge in [0, 0.05) is 13.0 Å². The molecule has 0 aromatic rings. The van der Waals surface area contributed by atoms with Crippen LogP contribution in [-0.4, -0.2) is 142 Å². The summed E-state index contributed by atoms with van der Waals surface area (Å²) in [5.41, 5.74) is 0. The zero-order valence-corrected chi connectivity index (χ0v) is 41.6. The Bertz CT molecular complexity index is 1400. The van der Waals surface area contributed by atoms with Gasteiger partial charge < -0.3 is 64.2 Å². The Morgan fingerprint density at radius 1 is 0.500 bits per heavy atom. The van der Waals surface area contributed by atoms with Gasteiger partial charge in [0.05, 0.1) is 26.4 Å². The van der Waals surface area contributed by atoms with Crippen LogP contribution in [0.15, 0.2) is 72.9 Å². The maximum Gasteiger partial charge on any atom is 0.306 e. The van der Waals surface area contributed by atoms with Gasteiger partial charge in [-0.3, -0.25) is 4.79 Å². The minimum absolute atomic E-state index is 0.0442. The summed E-state index contributed by atoms with van der Waals surface area (Å²) in [4.78, 5) is 13.0. The van der Waals surface area contributed by atoms with Crippen LogP contribution in [0.25, 0.3) is 0 Å². The molecule has 11 atom stereocenters. The van der Waals surface area contributed by atoms with Crippen molar-refractivity contribution in [1.29, 1.82) is 0 Å². The number of hydrogen-bond donors (Lipinski definition) is 7. The average molecular weight is 965 g/mol. The van der Waals surface area contributed by atoms with E-state index >= 15 is 0 Å². The second-order valence-corrected chi connectivity index (χ2v) is 18.0. The maximum absolute atomic E-state index is 13.0. The molecule has 2 rings (SSSR count). The minimum atomic E-state index is -1.71. The van der Waals surface area contributed by atoms with E-state index in [-0.39, 0.29) is 19.6 Å². The summed E-state index contributed by atoms with van der Waals surface area (Å²) >= 11 is 0. The van der Waals surface area contributed by atoms with Crippen molar-refractivity contribution in [2.24, 2.45) is 0 Å². The Hall–Kier alpha value is -2.57. The molecule has 2 aliphatic rings. The number of aliphatic hydroxyl groups excluding tert-OH is 7. The van der Waals surface area contributed by atoms with Crippen LogP contribution in [0.1, 0.15) is 162 Å². The summed E-state index contributed by atoms with van der Waals surface area (Å²) in [6, 6.07) is 0. The van der Waals surface area contributed by atoms with E-state index < -0.39 is 86.7 Å². The Balaban J connectivity index is 1.75. The highest BCUT2D eigenvalue weighted by Gasteiger charge is 2.47. The monoisotopic (exact) mass is 965 g/mol. The van der Waals surface area contributed by atoms with E-state index in [4.69, 9.17) is 28.4 Å². The summed E-state index contributed by atoms with van der Waals surface area (Å²) in [5.74, 6) is -0.395. The van der Waals surface area contributed by atoms with Crippen molar-refractivity contribution in [3.8, 4) is 0 Å². The number of rotatable bonds is 40. The molecule has 0 radical (unpaired) electrons. The predicted octanol–water partition coefficient (Wildman–Crippen LogP) is 7.90. The molecule has 7 N–H and O–H groups in total. The van der Waals surface area contributed by atoms with Crippen LogP contribution < -0.4 is 0 Å².